The fourth-order valence-electron chi connectivity index (χ4n) is 3.89. The quantitative estimate of drug-likeness (QED) is 0.806. The SMILES string of the molecule is COc1nc2c(cc1CN1CCC[C@@H]1c1nccs1)C(=O)N(C(C)C)C2. The standard InChI is InChI=1S/C19H24N4O2S/c1-12(2)23-11-15-14(19(23)24)9-13(17(21-15)25-3)10-22-7-4-5-16(22)18-20-6-8-26-18/h6,8-9,12,16H,4-5,7,10-11H2,1-3H3/t16-/m1/s1. The van der Waals surface area contributed by atoms with Gasteiger partial charge in [-0.15, -0.1) is 11.3 Å². The number of hydrogen-bond donors (Lipinski definition) is 0. The maximum atomic E-state index is 12.7. The molecule has 1 amide bonds. The molecule has 1 fully saturated rings. The molecule has 1 saturated heterocycles. The Kier molecular flexibility index (Phi) is 4.67. The molecular formula is C19H24N4O2S. The third-order valence-electron chi connectivity index (χ3n) is 5.24. The van der Waals surface area contributed by atoms with Crippen molar-refractivity contribution in [2.75, 3.05) is 13.7 Å². The lowest BCUT2D eigenvalue weighted by molar-refractivity contribution is 0.0730. The summed E-state index contributed by atoms with van der Waals surface area (Å²) in [6.07, 6.45) is 4.15. The smallest absolute Gasteiger partial charge is 0.256 e. The van der Waals surface area contributed by atoms with E-state index in [2.05, 4.69) is 14.9 Å². The lowest BCUT2D eigenvalue weighted by Crippen LogP contribution is -2.30. The van der Waals surface area contributed by atoms with Crippen LogP contribution in [0.15, 0.2) is 17.6 Å². The minimum absolute atomic E-state index is 0.0734. The average molecular weight is 372 g/mol. The van der Waals surface area contributed by atoms with Gasteiger partial charge in [-0.2, -0.15) is 0 Å². The molecule has 2 aromatic heterocycles. The summed E-state index contributed by atoms with van der Waals surface area (Å²) in [6.45, 7) is 6.38. The van der Waals surface area contributed by atoms with Crippen LogP contribution in [0.2, 0.25) is 0 Å². The molecule has 2 aliphatic rings. The molecule has 0 spiro atoms. The second-order valence-corrected chi connectivity index (χ2v) is 8.10. The van der Waals surface area contributed by atoms with Crippen molar-refractivity contribution in [1.29, 1.82) is 0 Å². The third kappa shape index (κ3) is 2.99. The summed E-state index contributed by atoms with van der Waals surface area (Å²) in [4.78, 5) is 26.1. The molecule has 0 saturated carbocycles. The first-order valence-electron chi connectivity index (χ1n) is 9.09. The lowest BCUT2D eigenvalue weighted by Gasteiger charge is -2.23. The number of fused-ring (bicyclic) bond motifs is 1. The molecule has 0 aliphatic carbocycles. The number of carbonyl (C=O) groups excluding carboxylic acids is 1. The number of likely N-dealkylation sites (tertiary alicyclic amines) is 1. The minimum atomic E-state index is 0.0734. The largest absolute Gasteiger partial charge is 0.481 e. The van der Waals surface area contributed by atoms with Crippen molar-refractivity contribution in [3.63, 3.8) is 0 Å². The second kappa shape index (κ2) is 6.96. The van der Waals surface area contributed by atoms with E-state index in [1.54, 1.807) is 18.4 Å². The number of methoxy groups -OCH3 is 1. The van der Waals surface area contributed by atoms with Gasteiger partial charge >= 0.3 is 0 Å². The van der Waals surface area contributed by atoms with Crippen molar-refractivity contribution in [3.05, 3.63) is 39.5 Å². The Morgan fingerprint density at radius 3 is 2.96 bits per heavy atom. The number of pyridine rings is 1. The molecule has 2 aliphatic heterocycles. The Hall–Kier alpha value is -1.99. The Bertz CT molecular complexity index is 806. The summed E-state index contributed by atoms with van der Waals surface area (Å²) in [6, 6.07) is 2.50. The van der Waals surface area contributed by atoms with E-state index in [1.807, 2.05) is 36.4 Å². The molecule has 0 radical (unpaired) electrons. The highest BCUT2D eigenvalue weighted by atomic mass is 32.1. The molecular weight excluding hydrogens is 348 g/mol. The van der Waals surface area contributed by atoms with Crippen LogP contribution < -0.4 is 4.74 Å². The molecule has 138 valence electrons. The summed E-state index contributed by atoms with van der Waals surface area (Å²) in [5.41, 5.74) is 2.52. The van der Waals surface area contributed by atoms with E-state index in [-0.39, 0.29) is 11.9 Å². The topological polar surface area (TPSA) is 58.6 Å². The van der Waals surface area contributed by atoms with E-state index in [0.717, 1.165) is 47.8 Å². The fourth-order valence-corrected chi connectivity index (χ4v) is 4.69. The van der Waals surface area contributed by atoms with Crippen LogP contribution >= 0.6 is 11.3 Å². The maximum absolute atomic E-state index is 12.7. The van der Waals surface area contributed by atoms with Crippen molar-refractivity contribution in [3.8, 4) is 5.88 Å². The number of nitrogens with zero attached hydrogens (tertiary/aromatic N) is 4. The minimum Gasteiger partial charge on any atom is -0.481 e. The molecule has 0 N–H and O–H groups in total. The molecule has 4 rings (SSSR count). The zero-order chi connectivity index (χ0) is 18.3. The van der Waals surface area contributed by atoms with Crippen molar-refractivity contribution in [1.82, 2.24) is 19.8 Å². The number of carbonyl (C=O) groups is 1. The van der Waals surface area contributed by atoms with Crippen LogP contribution in [0.5, 0.6) is 5.88 Å². The summed E-state index contributed by atoms with van der Waals surface area (Å²) >= 11 is 1.71. The zero-order valence-corrected chi connectivity index (χ0v) is 16.3. The van der Waals surface area contributed by atoms with Gasteiger partial charge in [0.25, 0.3) is 5.91 Å². The molecule has 2 aromatic rings. The highest BCUT2D eigenvalue weighted by Gasteiger charge is 2.33. The highest BCUT2D eigenvalue weighted by molar-refractivity contribution is 7.09. The summed E-state index contributed by atoms with van der Waals surface area (Å²) in [5.74, 6) is 0.705. The summed E-state index contributed by atoms with van der Waals surface area (Å²) in [5, 5.41) is 3.19. The zero-order valence-electron chi connectivity index (χ0n) is 15.4. The Morgan fingerprint density at radius 1 is 1.42 bits per heavy atom. The van der Waals surface area contributed by atoms with Gasteiger partial charge in [0.1, 0.15) is 5.01 Å². The number of rotatable bonds is 5. The number of thiazole rings is 1. The molecule has 0 aromatic carbocycles. The molecule has 4 heterocycles. The maximum Gasteiger partial charge on any atom is 0.256 e. The van der Waals surface area contributed by atoms with Crippen LogP contribution in [0.25, 0.3) is 0 Å². The number of ether oxygens (including phenoxy) is 1. The Balaban J connectivity index is 1.62. The van der Waals surface area contributed by atoms with Crippen LogP contribution in [0.4, 0.5) is 0 Å². The van der Waals surface area contributed by atoms with E-state index >= 15 is 0 Å². The van der Waals surface area contributed by atoms with Gasteiger partial charge in [-0.05, 0) is 39.3 Å². The number of amides is 1. The first kappa shape index (κ1) is 17.4. The molecule has 0 unspecified atom stereocenters. The third-order valence-corrected chi connectivity index (χ3v) is 6.12. The van der Waals surface area contributed by atoms with Gasteiger partial charge in [-0.3, -0.25) is 9.69 Å². The average Bonchev–Trinajstić information content (AvgIpc) is 3.35. The van der Waals surface area contributed by atoms with Crippen LogP contribution in [0, 0.1) is 0 Å². The second-order valence-electron chi connectivity index (χ2n) is 7.18. The van der Waals surface area contributed by atoms with Gasteiger partial charge in [0, 0.05) is 29.7 Å². The van der Waals surface area contributed by atoms with Gasteiger partial charge in [-0.25, -0.2) is 9.97 Å². The summed E-state index contributed by atoms with van der Waals surface area (Å²) < 4.78 is 5.56. The van der Waals surface area contributed by atoms with Crippen molar-refractivity contribution in [2.45, 2.75) is 51.9 Å². The van der Waals surface area contributed by atoms with Crippen molar-refractivity contribution >= 4 is 17.2 Å². The van der Waals surface area contributed by atoms with Crippen molar-refractivity contribution in [2.24, 2.45) is 0 Å². The predicted octanol–water partition coefficient (Wildman–Crippen LogP) is 3.25. The first-order chi connectivity index (χ1) is 12.6. The Labute approximate surface area is 157 Å². The van der Waals surface area contributed by atoms with Gasteiger partial charge in [0.2, 0.25) is 5.88 Å². The van der Waals surface area contributed by atoms with Crippen LogP contribution in [-0.2, 0) is 13.1 Å². The van der Waals surface area contributed by atoms with Crippen LogP contribution in [-0.4, -0.2) is 45.4 Å². The van der Waals surface area contributed by atoms with Crippen LogP contribution in [0.1, 0.15) is 59.4 Å². The molecule has 7 heteroatoms. The normalized spacial score (nSPS) is 20.2. The summed E-state index contributed by atoms with van der Waals surface area (Å²) in [7, 11) is 1.65. The molecule has 0 bridgehead atoms. The first-order valence-corrected chi connectivity index (χ1v) is 9.97. The van der Waals surface area contributed by atoms with E-state index in [0.29, 0.717) is 18.5 Å². The van der Waals surface area contributed by atoms with Gasteiger partial charge < -0.3 is 9.64 Å². The van der Waals surface area contributed by atoms with E-state index in [9.17, 15) is 4.79 Å². The lowest BCUT2D eigenvalue weighted by atomic mass is 10.1. The highest BCUT2D eigenvalue weighted by Crippen LogP contribution is 2.36. The van der Waals surface area contributed by atoms with E-state index in [4.69, 9.17) is 4.74 Å². The van der Waals surface area contributed by atoms with Gasteiger partial charge in [-0.1, -0.05) is 0 Å². The number of hydrogen-bond acceptors (Lipinski definition) is 6. The Morgan fingerprint density at radius 2 is 2.27 bits per heavy atom. The van der Waals surface area contributed by atoms with Crippen molar-refractivity contribution < 1.29 is 9.53 Å². The molecule has 26 heavy (non-hydrogen) atoms. The number of aromatic nitrogens is 2. The van der Waals surface area contributed by atoms with Crippen LogP contribution in [0.3, 0.4) is 0 Å². The van der Waals surface area contributed by atoms with E-state index in [1.165, 1.54) is 0 Å². The molecule has 6 nitrogen and oxygen atoms in total. The van der Waals surface area contributed by atoms with E-state index < -0.39 is 0 Å². The van der Waals surface area contributed by atoms with Gasteiger partial charge in [0.15, 0.2) is 0 Å². The fraction of sp³-hybridized carbons (Fsp3) is 0.526. The monoisotopic (exact) mass is 372 g/mol. The predicted molar refractivity (Wildman–Crippen MR) is 100 cm³/mol. The molecule has 1 atom stereocenters. The van der Waals surface area contributed by atoms with Gasteiger partial charge in [0.05, 0.1) is 31.0 Å².